The number of carbonyl (C=O) groups is 1. The van der Waals surface area contributed by atoms with Gasteiger partial charge >= 0.3 is 13.5 Å². The largest absolute Gasteiger partial charge is 0.386 e. The molecule has 5 aromatic rings. The smallest absolute Gasteiger partial charge is 0.352 e. The third kappa shape index (κ3) is 9.03. The fraction of sp³-hybridized carbons (Fsp3) is 0.387. The quantitative estimate of drug-likeness (QED) is 0.0644. The van der Waals surface area contributed by atoms with Crippen LogP contribution in [0.3, 0.4) is 0 Å². The molecule has 2 aliphatic rings. The number of imidazole rings is 1. The number of halogens is 1. The van der Waals surface area contributed by atoms with Crippen molar-refractivity contribution in [2.24, 2.45) is 0 Å². The molecule has 290 valence electrons. The molecule has 1 amide bonds. The van der Waals surface area contributed by atoms with Crippen LogP contribution in [0.15, 0.2) is 60.3 Å². The van der Waals surface area contributed by atoms with Crippen LogP contribution in [0.25, 0.3) is 22.2 Å². The molecule has 2 fully saturated rings. The van der Waals surface area contributed by atoms with Gasteiger partial charge in [0.1, 0.15) is 24.0 Å². The molecule has 3 unspecified atom stereocenters. The number of fused-ring (bicyclic) bond motifs is 2. The maximum atomic E-state index is 15.0. The summed E-state index contributed by atoms with van der Waals surface area (Å²) in [5, 5.41) is 11.2. The molecule has 0 bridgehead atoms. The van der Waals surface area contributed by atoms with Crippen molar-refractivity contribution in [3.63, 3.8) is 0 Å². The summed E-state index contributed by atoms with van der Waals surface area (Å²) < 4.78 is 65.9. The number of anilines is 1. The van der Waals surface area contributed by atoms with Gasteiger partial charge in [0.05, 0.1) is 57.2 Å². The van der Waals surface area contributed by atoms with Crippen molar-refractivity contribution in [2.45, 2.75) is 56.5 Å². The number of nitriles is 1. The second-order valence-corrected chi connectivity index (χ2v) is 18.0. The first-order chi connectivity index (χ1) is 26.4. The van der Waals surface area contributed by atoms with Crippen molar-refractivity contribution in [1.82, 2.24) is 34.1 Å². The first-order valence-electron chi connectivity index (χ1n) is 16.6. The van der Waals surface area contributed by atoms with Crippen molar-refractivity contribution >= 4 is 71.5 Å². The first-order valence-corrected chi connectivity index (χ1v) is 21.9. The molecule has 24 heteroatoms. The van der Waals surface area contributed by atoms with Crippen LogP contribution in [-0.4, -0.2) is 83.0 Å². The summed E-state index contributed by atoms with van der Waals surface area (Å²) in [4.78, 5) is 54.8. The van der Waals surface area contributed by atoms with Crippen molar-refractivity contribution in [3.05, 3.63) is 77.2 Å². The van der Waals surface area contributed by atoms with Gasteiger partial charge in [-0.2, -0.15) is 5.26 Å². The minimum absolute atomic E-state index is 0.0187. The molecule has 0 aliphatic carbocycles. The lowest BCUT2D eigenvalue weighted by molar-refractivity contribution is -0.0462. The molecule has 2 saturated heterocycles. The first kappa shape index (κ1) is 39.3. The lowest BCUT2D eigenvalue weighted by Crippen LogP contribution is -2.23. The normalized spacial score (nSPS) is 23.4. The van der Waals surface area contributed by atoms with Crippen molar-refractivity contribution in [3.8, 4) is 6.07 Å². The van der Waals surface area contributed by atoms with Crippen LogP contribution in [-0.2, 0) is 43.9 Å². The molecule has 19 nitrogen and oxygen atoms in total. The fourth-order valence-corrected chi connectivity index (χ4v) is 8.81. The maximum Gasteiger partial charge on any atom is 0.386 e. The Hall–Kier alpha value is -3.97. The predicted molar refractivity (Wildman–Crippen MR) is 198 cm³/mol. The van der Waals surface area contributed by atoms with Gasteiger partial charge in [-0.05, 0) is 36.8 Å². The zero-order chi connectivity index (χ0) is 38.7. The number of aromatic nitrogens is 7. The number of hydrogen-bond acceptors (Lipinski definition) is 15. The fourth-order valence-electron chi connectivity index (χ4n) is 6.14. The Bertz CT molecular complexity index is 2400. The lowest BCUT2D eigenvalue weighted by Gasteiger charge is -2.24. The molecule has 0 radical (unpaired) electrons. The highest BCUT2D eigenvalue weighted by Crippen LogP contribution is 2.57. The Morgan fingerprint density at radius 3 is 2.71 bits per heavy atom. The Balaban J connectivity index is 1.01. The summed E-state index contributed by atoms with van der Waals surface area (Å²) in [6, 6.07) is 10.5. The van der Waals surface area contributed by atoms with E-state index < -0.39 is 55.7 Å². The number of amides is 1. The zero-order valence-electron chi connectivity index (χ0n) is 28.4. The Morgan fingerprint density at radius 2 is 1.91 bits per heavy atom. The highest BCUT2D eigenvalue weighted by molar-refractivity contribution is 8.44. The molecule has 3 N–H and O–H groups in total. The molecule has 7 rings (SSSR count). The van der Waals surface area contributed by atoms with Crippen LogP contribution in [0.4, 0.5) is 10.2 Å². The summed E-state index contributed by atoms with van der Waals surface area (Å²) in [6.45, 7) is -8.57. The van der Waals surface area contributed by atoms with E-state index in [1.54, 1.807) is 34.9 Å². The van der Waals surface area contributed by atoms with Crippen molar-refractivity contribution in [2.75, 3.05) is 25.1 Å². The summed E-state index contributed by atoms with van der Waals surface area (Å²) >= 11 is 9.21. The van der Waals surface area contributed by atoms with E-state index in [0.29, 0.717) is 29.6 Å². The van der Waals surface area contributed by atoms with Gasteiger partial charge in [-0.3, -0.25) is 23.2 Å². The molecule has 7 atom stereocenters. The van der Waals surface area contributed by atoms with E-state index >= 15 is 0 Å². The second-order valence-electron chi connectivity index (χ2n) is 12.3. The van der Waals surface area contributed by atoms with E-state index in [0.717, 1.165) is 12.5 Å². The van der Waals surface area contributed by atoms with Crippen LogP contribution < -0.4 is 10.9 Å². The van der Waals surface area contributed by atoms with Gasteiger partial charge < -0.3 is 38.3 Å². The van der Waals surface area contributed by atoms with Crippen LogP contribution in [0.1, 0.15) is 48.5 Å². The zero-order valence-corrected chi connectivity index (χ0v) is 31.9. The van der Waals surface area contributed by atoms with E-state index in [2.05, 4.69) is 42.5 Å². The van der Waals surface area contributed by atoms with Gasteiger partial charge in [0, 0.05) is 18.2 Å². The van der Waals surface area contributed by atoms with Crippen molar-refractivity contribution in [1.29, 1.82) is 5.26 Å². The second kappa shape index (κ2) is 16.6. The van der Waals surface area contributed by atoms with Gasteiger partial charge in [0.15, 0.2) is 34.7 Å². The van der Waals surface area contributed by atoms with E-state index in [1.165, 1.54) is 17.2 Å². The van der Waals surface area contributed by atoms with Gasteiger partial charge in [0.25, 0.3) is 11.5 Å². The number of rotatable bonds is 15. The topological polar surface area (TPSA) is 240 Å². The average molecular weight is 836 g/mol. The predicted octanol–water partition coefficient (Wildman–Crippen LogP) is 4.52. The van der Waals surface area contributed by atoms with Gasteiger partial charge in [-0.15, -0.1) is 0 Å². The van der Waals surface area contributed by atoms with Gasteiger partial charge in [0.2, 0.25) is 0 Å². The Labute approximate surface area is 321 Å². The summed E-state index contributed by atoms with van der Waals surface area (Å²) in [5.41, 5.74) is 0.442. The number of carbonyl (C=O) groups excluding carboxylic acids is 1. The molecule has 4 aromatic heterocycles. The van der Waals surface area contributed by atoms with E-state index in [1.807, 2.05) is 6.07 Å². The SMILES string of the molecule is N#CCCOP(O)(=S)OC[C@@H]1C[C@@H](OP(=O)(S)OC[C@@H]2CCC(n3cnc4c(NC(=O)c5ccccc5)ncnc43)O2)[C@H](n2cc(F)c3c(=O)[nH]cnc32)O1. The summed E-state index contributed by atoms with van der Waals surface area (Å²) in [5.74, 6) is -1.01. The van der Waals surface area contributed by atoms with Crippen LogP contribution in [0.5, 0.6) is 0 Å². The van der Waals surface area contributed by atoms with Gasteiger partial charge in [-0.25, -0.2) is 28.9 Å². The number of thiol groups is 1. The monoisotopic (exact) mass is 835 g/mol. The van der Waals surface area contributed by atoms with E-state index in [9.17, 15) is 23.4 Å². The van der Waals surface area contributed by atoms with Crippen LogP contribution in [0.2, 0.25) is 0 Å². The molecule has 6 heterocycles. The molecule has 0 spiro atoms. The average Bonchev–Trinajstić information content (AvgIpc) is 3.96. The summed E-state index contributed by atoms with van der Waals surface area (Å²) in [6.07, 6.45) is 1.64. The number of nitrogens with zero attached hydrogens (tertiary/aromatic N) is 7. The molecule has 55 heavy (non-hydrogen) atoms. The minimum atomic E-state index is -4.18. The number of ether oxygens (including phenoxy) is 2. The highest BCUT2D eigenvalue weighted by atomic mass is 32.7. The van der Waals surface area contributed by atoms with Crippen molar-refractivity contribution < 1.29 is 46.2 Å². The Kier molecular flexibility index (Phi) is 11.9. The third-order valence-corrected chi connectivity index (χ3v) is 11.9. The number of nitrogens with one attached hydrogen (secondary N) is 2. The number of hydrogen-bond donors (Lipinski definition) is 4. The molecular weight excluding hydrogens is 803 g/mol. The third-order valence-electron chi connectivity index (χ3n) is 8.59. The number of benzene rings is 1. The molecule has 2 aliphatic heterocycles. The van der Waals surface area contributed by atoms with Crippen LogP contribution >= 0.6 is 25.8 Å². The van der Waals surface area contributed by atoms with E-state index in [4.69, 9.17) is 44.6 Å². The number of H-pyrrole nitrogens is 1. The molecular formula is C31H32FN9O10P2S2. The standard InChI is InChI=1S/C31H32FN9O10P2S2/c32-21-12-40(27-24(21)30(43)37-16-35-27)31-22(11-20(50-31)14-47-52(44,54)46-10-4-9-33)51-53(45,55)48-13-19-7-8-23(49-19)41-17-38-25-26(34-15-36-28(25)41)39-29(42)18-5-2-1-3-6-18/h1-3,5-6,12,15-17,19-20,22-23,31H,4,7-8,10-11,13-14H2,(H,44,54)(H,45,55)(H,35,37,43)(H,34,36,39,42)/t19-,20-,22+,23?,31+,52?,53?/m0/s1. The van der Waals surface area contributed by atoms with Crippen LogP contribution in [0, 0.1) is 17.1 Å². The van der Waals surface area contributed by atoms with Gasteiger partial charge in [-0.1, -0.05) is 30.4 Å². The highest BCUT2D eigenvalue weighted by Gasteiger charge is 2.43. The summed E-state index contributed by atoms with van der Waals surface area (Å²) in [7, 11) is 0. The molecule has 1 aromatic carbocycles. The maximum absolute atomic E-state index is 15.0. The van der Waals surface area contributed by atoms with E-state index in [-0.39, 0.29) is 55.4 Å². The lowest BCUT2D eigenvalue weighted by atomic mass is 10.2. The Morgan fingerprint density at radius 1 is 1.11 bits per heavy atom. The molecule has 0 saturated carbocycles. The minimum Gasteiger partial charge on any atom is -0.352 e. The number of aromatic amines is 1.